The molecule has 2 aromatic rings. The number of anilines is 1. The van der Waals surface area contributed by atoms with Crippen molar-refractivity contribution in [2.24, 2.45) is 0 Å². The van der Waals surface area contributed by atoms with E-state index < -0.39 is 0 Å². The van der Waals surface area contributed by atoms with Crippen molar-refractivity contribution in [2.45, 2.75) is 39.5 Å². The van der Waals surface area contributed by atoms with E-state index in [4.69, 9.17) is 9.72 Å². The Kier molecular flexibility index (Phi) is 4.12. The normalized spacial score (nSPS) is 22.9. The third-order valence-electron chi connectivity index (χ3n) is 3.87. The highest BCUT2D eigenvalue weighted by atomic mass is 16.5. The lowest BCUT2D eigenvalue weighted by molar-refractivity contribution is -0.00548. The van der Waals surface area contributed by atoms with Crippen LogP contribution in [0.25, 0.3) is 5.65 Å². The van der Waals surface area contributed by atoms with Crippen LogP contribution in [-0.4, -0.2) is 41.2 Å². The van der Waals surface area contributed by atoms with Crippen molar-refractivity contribution < 1.29 is 4.74 Å². The molecule has 1 aliphatic heterocycles. The van der Waals surface area contributed by atoms with Crippen molar-refractivity contribution in [2.75, 3.05) is 24.5 Å². The summed E-state index contributed by atoms with van der Waals surface area (Å²) in [7, 11) is 0. The van der Waals surface area contributed by atoms with Gasteiger partial charge in [-0.25, -0.2) is 4.98 Å². The highest BCUT2D eigenvalue weighted by molar-refractivity contribution is 5.56. The molecular formula is C16H24N4O. The smallest absolute Gasteiger partial charge is 0.152 e. The third-order valence-corrected chi connectivity index (χ3v) is 3.87. The van der Waals surface area contributed by atoms with Gasteiger partial charge in [0.15, 0.2) is 5.82 Å². The number of imidazole rings is 1. The van der Waals surface area contributed by atoms with Gasteiger partial charge in [-0.05, 0) is 32.5 Å². The molecule has 3 rings (SSSR count). The van der Waals surface area contributed by atoms with Gasteiger partial charge in [0, 0.05) is 25.8 Å². The summed E-state index contributed by atoms with van der Waals surface area (Å²) >= 11 is 0. The molecule has 0 aliphatic carbocycles. The van der Waals surface area contributed by atoms with Crippen LogP contribution in [0.15, 0.2) is 24.4 Å². The lowest BCUT2D eigenvalue weighted by atomic mass is 10.2. The minimum absolute atomic E-state index is 0.241. The first-order valence-electron chi connectivity index (χ1n) is 7.76. The molecule has 0 spiro atoms. The van der Waals surface area contributed by atoms with Crippen molar-refractivity contribution in [3.05, 3.63) is 30.1 Å². The molecule has 0 radical (unpaired) electrons. The number of aromatic nitrogens is 2. The Morgan fingerprint density at radius 3 is 2.76 bits per heavy atom. The van der Waals surface area contributed by atoms with E-state index in [1.165, 1.54) is 5.69 Å². The molecule has 0 aromatic carbocycles. The minimum atomic E-state index is 0.241. The van der Waals surface area contributed by atoms with Crippen LogP contribution in [-0.2, 0) is 11.3 Å². The Bertz CT molecular complexity index is 599. The zero-order chi connectivity index (χ0) is 14.8. The molecule has 1 aliphatic rings. The highest BCUT2D eigenvalue weighted by Gasteiger charge is 2.26. The van der Waals surface area contributed by atoms with Gasteiger partial charge in [0.05, 0.1) is 17.9 Å². The Morgan fingerprint density at radius 2 is 2.05 bits per heavy atom. The number of ether oxygens (including phenoxy) is 1. The second kappa shape index (κ2) is 6.03. The Hall–Kier alpha value is -1.59. The van der Waals surface area contributed by atoms with Crippen molar-refractivity contribution >= 4 is 11.5 Å². The van der Waals surface area contributed by atoms with Crippen LogP contribution in [0.4, 0.5) is 5.82 Å². The van der Waals surface area contributed by atoms with Gasteiger partial charge in [-0.1, -0.05) is 13.0 Å². The van der Waals surface area contributed by atoms with E-state index in [0.717, 1.165) is 37.6 Å². The molecular weight excluding hydrogens is 264 g/mol. The van der Waals surface area contributed by atoms with E-state index in [1.807, 2.05) is 6.07 Å². The van der Waals surface area contributed by atoms with Gasteiger partial charge in [0.25, 0.3) is 0 Å². The maximum atomic E-state index is 5.84. The van der Waals surface area contributed by atoms with Gasteiger partial charge in [0.1, 0.15) is 5.65 Å². The number of hydrogen-bond donors (Lipinski definition) is 1. The van der Waals surface area contributed by atoms with Crippen molar-refractivity contribution in [3.63, 3.8) is 0 Å². The number of hydrogen-bond acceptors (Lipinski definition) is 4. The zero-order valence-electron chi connectivity index (χ0n) is 13.0. The van der Waals surface area contributed by atoms with Gasteiger partial charge in [-0.3, -0.25) is 0 Å². The van der Waals surface area contributed by atoms with Gasteiger partial charge >= 0.3 is 0 Å². The van der Waals surface area contributed by atoms with Gasteiger partial charge in [-0.15, -0.1) is 0 Å². The van der Waals surface area contributed by atoms with Gasteiger partial charge in [-0.2, -0.15) is 0 Å². The number of pyridine rings is 1. The predicted molar refractivity (Wildman–Crippen MR) is 84.8 cm³/mol. The second-order valence-corrected chi connectivity index (χ2v) is 5.75. The molecule has 3 heterocycles. The van der Waals surface area contributed by atoms with Crippen molar-refractivity contribution in [1.82, 2.24) is 14.7 Å². The molecule has 114 valence electrons. The number of morpholine rings is 1. The van der Waals surface area contributed by atoms with Crippen molar-refractivity contribution in [3.8, 4) is 0 Å². The summed E-state index contributed by atoms with van der Waals surface area (Å²) in [5.74, 6) is 1.09. The number of fused-ring (bicyclic) bond motifs is 1. The fraction of sp³-hybridized carbons (Fsp3) is 0.562. The van der Waals surface area contributed by atoms with E-state index in [-0.39, 0.29) is 12.2 Å². The number of rotatable bonds is 4. The fourth-order valence-electron chi connectivity index (χ4n) is 3.05. The first-order chi connectivity index (χ1) is 10.2. The molecule has 21 heavy (non-hydrogen) atoms. The molecule has 0 bridgehead atoms. The summed E-state index contributed by atoms with van der Waals surface area (Å²) in [5.41, 5.74) is 2.24. The first-order valence-corrected chi connectivity index (χ1v) is 7.76. The van der Waals surface area contributed by atoms with Gasteiger partial charge in [0.2, 0.25) is 0 Å². The highest BCUT2D eigenvalue weighted by Crippen LogP contribution is 2.25. The van der Waals surface area contributed by atoms with E-state index >= 15 is 0 Å². The molecule has 1 N–H and O–H groups in total. The number of nitrogens with zero attached hydrogens (tertiary/aromatic N) is 3. The van der Waals surface area contributed by atoms with E-state index in [2.05, 4.69) is 53.7 Å². The second-order valence-electron chi connectivity index (χ2n) is 5.75. The van der Waals surface area contributed by atoms with Gasteiger partial charge < -0.3 is 19.4 Å². The Balaban J connectivity index is 1.99. The van der Waals surface area contributed by atoms with Crippen LogP contribution in [0.3, 0.4) is 0 Å². The lowest BCUT2D eigenvalue weighted by Crippen LogP contribution is -2.46. The summed E-state index contributed by atoms with van der Waals surface area (Å²) in [6, 6.07) is 6.15. The topological polar surface area (TPSA) is 41.8 Å². The standard InChI is InChI=1S/C16H24N4O/c1-4-17-9-14-16(18-15-7-5-6-8-20(14)15)19-10-12(2)21-13(3)11-19/h5-8,12-13,17H,4,9-11H2,1-3H3/t12-,13+. The monoisotopic (exact) mass is 288 g/mol. The molecule has 0 unspecified atom stereocenters. The third kappa shape index (κ3) is 2.89. The molecule has 2 atom stereocenters. The average Bonchev–Trinajstić information content (AvgIpc) is 2.83. The molecule has 0 saturated carbocycles. The van der Waals surface area contributed by atoms with Crippen LogP contribution < -0.4 is 10.2 Å². The van der Waals surface area contributed by atoms with Crippen LogP contribution in [0.1, 0.15) is 26.5 Å². The SMILES string of the molecule is CCNCc1c(N2C[C@@H](C)O[C@@H](C)C2)nc2ccccn12. The van der Waals surface area contributed by atoms with E-state index in [1.54, 1.807) is 0 Å². The Morgan fingerprint density at radius 1 is 1.29 bits per heavy atom. The minimum Gasteiger partial charge on any atom is -0.372 e. The van der Waals surface area contributed by atoms with Crippen LogP contribution >= 0.6 is 0 Å². The quantitative estimate of drug-likeness (QED) is 0.935. The molecule has 5 nitrogen and oxygen atoms in total. The Labute approximate surface area is 125 Å². The zero-order valence-corrected chi connectivity index (χ0v) is 13.0. The average molecular weight is 288 g/mol. The van der Waals surface area contributed by atoms with Crippen LogP contribution in [0.5, 0.6) is 0 Å². The molecule has 5 heteroatoms. The number of nitrogens with one attached hydrogen (secondary N) is 1. The summed E-state index contributed by atoms with van der Waals surface area (Å²) in [6.45, 7) is 9.96. The summed E-state index contributed by atoms with van der Waals surface area (Å²) < 4.78 is 8.02. The van der Waals surface area contributed by atoms with E-state index in [0.29, 0.717) is 0 Å². The molecule has 2 aromatic heterocycles. The fourth-order valence-corrected chi connectivity index (χ4v) is 3.05. The van der Waals surface area contributed by atoms with Crippen LogP contribution in [0.2, 0.25) is 0 Å². The summed E-state index contributed by atoms with van der Waals surface area (Å²) in [4.78, 5) is 7.21. The maximum absolute atomic E-state index is 5.84. The lowest BCUT2D eigenvalue weighted by Gasteiger charge is -2.36. The summed E-state index contributed by atoms with van der Waals surface area (Å²) in [6.07, 6.45) is 2.57. The molecule has 1 saturated heterocycles. The molecule has 0 amide bonds. The summed E-state index contributed by atoms with van der Waals surface area (Å²) in [5, 5.41) is 3.43. The maximum Gasteiger partial charge on any atom is 0.152 e. The largest absolute Gasteiger partial charge is 0.372 e. The predicted octanol–water partition coefficient (Wildman–Crippen LogP) is 2.06. The van der Waals surface area contributed by atoms with Crippen molar-refractivity contribution in [1.29, 1.82) is 0 Å². The first kappa shape index (κ1) is 14.4. The molecule has 1 fully saturated rings. The van der Waals surface area contributed by atoms with E-state index in [9.17, 15) is 0 Å². The van der Waals surface area contributed by atoms with Crippen LogP contribution in [0, 0.1) is 0 Å².